The summed E-state index contributed by atoms with van der Waals surface area (Å²) in [5.74, 6) is 0.886. The molecule has 4 heteroatoms. The fraction of sp³-hybridized carbons (Fsp3) is 0.900. The zero-order valence-corrected chi connectivity index (χ0v) is 9.33. The van der Waals surface area contributed by atoms with E-state index >= 15 is 0 Å². The minimum Gasteiger partial charge on any atom is -0.337 e. The molecule has 3 unspecified atom stereocenters. The van der Waals surface area contributed by atoms with Gasteiger partial charge < -0.3 is 9.80 Å². The average molecular weight is 217 g/mol. The second-order valence-corrected chi connectivity index (χ2v) is 4.71. The number of nitrogens with zero attached hydrogens (tertiary/aromatic N) is 2. The average Bonchev–Trinajstić information content (AvgIpc) is 2.52. The van der Waals surface area contributed by atoms with Crippen molar-refractivity contribution in [3.63, 3.8) is 0 Å². The van der Waals surface area contributed by atoms with Crippen LogP contribution in [0.5, 0.6) is 0 Å². The van der Waals surface area contributed by atoms with Crippen LogP contribution in [0.4, 0.5) is 0 Å². The molecule has 0 saturated carbocycles. The third-order valence-corrected chi connectivity index (χ3v) is 3.54. The van der Waals surface area contributed by atoms with Crippen LogP contribution < -0.4 is 0 Å². The predicted octanol–water partition coefficient (Wildman–Crippen LogP) is 0.778. The zero-order valence-electron chi connectivity index (χ0n) is 8.58. The van der Waals surface area contributed by atoms with E-state index in [1.165, 1.54) is 13.0 Å². The number of alkyl halides is 1. The third kappa shape index (κ3) is 1.89. The molecule has 2 rings (SSSR count). The Kier molecular flexibility index (Phi) is 2.98. The molecular formula is C10H17ClN2O. The second-order valence-electron chi connectivity index (χ2n) is 4.44. The van der Waals surface area contributed by atoms with Crippen LogP contribution in [0.25, 0.3) is 0 Å². The molecule has 2 aliphatic rings. The number of hydrogen-bond donors (Lipinski definition) is 0. The van der Waals surface area contributed by atoms with Gasteiger partial charge in [-0.15, -0.1) is 11.6 Å². The molecule has 0 aromatic rings. The molecule has 0 N–H and O–H groups in total. The summed E-state index contributed by atoms with van der Waals surface area (Å²) in [6, 6.07) is 0.326. The number of halogens is 1. The molecule has 0 aromatic heterocycles. The Bertz CT molecular complexity index is 234. The summed E-state index contributed by atoms with van der Waals surface area (Å²) in [5.41, 5.74) is 0. The lowest BCUT2D eigenvalue weighted by molar-refractivity contribution is -0.131. The van der Waals surface area contributed by atoms with Crippen molar-refractivity contribution in [2.24, 2.45) is 5.92 Å². The number of amides is 1. The van der Waals surface area contributed by atoms with E-state index in [9.17, 15) is 4.79 Å². The maximum absolute atomic E-state index is 11.6. The number of hydrogen-bond acceptors (Lipinski definition) is 2. The van der Waals surface area contributed by atoms with Crippen LogP contribution in [0, 0.1) is 5.92 Å². The van der Waals surface area contributed by atoms with E-state index in [0.29, 0.717) is 12.0 Å². The van der Waals surface area contributed by atoms with Crippen LogP contribution >= 0.6 is 11.6 Å². The summed E-state index contributed by atoms with van der Waals surface area (Å²) in [6.07, 6.45) is 1.23. The van der Waals surface area contributed by atoms with E-state index < -0.39 is 0 Å². The van der Waals surface area contributed by atoms with Crippen molar-refractivity contribution < 1.29 is 4.79 Å². The highest BCUT2D eigenvalue weighted by molar-refractivity contribution is 6.27. The van der Waals surface area contributed by atoms with Gasteiger partial charge in [-0.2, -0.15) is 0 Å². The van der Waals surface area contributed by atoms with Crippen molar-refractivity contribution in [3.05, 3.63) is 0 Å². The Labute approximate surface area is 90.0 Å². The fourth-order valence-corrected chi connectivity index (χ4v) is 2.74. The molecule has 3 atom stereocenters. The summed E-state index contributed by atoms with van der Waals surface area (Å²) in [5, 5.41) is 0. The van der Waals surface area contributed by atoms with E-state index in [4.69, 9.17) is 11.6 Å². The molecule has 14 heavy (non-hydrogen) atoms. The minimum absolute atomic E-state index is 0.0907. The minimum atomic E-state index is 0.0907. The first-order valence-corrected chi connectivity index (χ1v) is 5.82. The SMILES string of the molecule is CC1CN2CCC(C2)CN1C(=O)CCl. The molecule has 80 valence electrons. The van der Waals surface area contributed by atoms with Gasteiger partial charge in [0.25, 0.3) is 0 Å². The molecule has 3 nitrogen and oxygen atoms in total. The first-order valence-electron chi connectivity index (χ1n) is 5.28. The number of carbonyl (C=O) groups is 1. The predicted molar refractivity (Wildman–Crippen MR) is 56.4 cm³/mol. The van der Waals surface area contributed by atoms with Crippen molar-refractivity contribution in [2.45, 2.75) is 19.4 Å². The summed E-state index contributed by atoms with van der Waals surface area (Å²) >= 11 is 5.60. The van der Waals surface area contributed by atoms with Crippen molar-refractivity contribution >= 4 is 17.5 Å². The zero-order chi connectivity index (χ0) is 10.1. The van der Waals surface area contributed by atoms with Gasteiger partial charge in [-0.05, 0) is 25.8 Å². The third-order valence-electron chi connectivity index (χ3n) is 3.31. The Morgan fingerprint density at radius 2 is 2.21 bits per heavy atom. The Morgan fingerprint density at radius 1 is 1.43 bits per heavy atom. The molecule has 2 fully saturated rings. The molecule has 1 amide bonds. The largest absolute Gasteiger partial charge is 0.337 e. The quantitative estimate of drug-likeness (QED) is 0.605. The van der Waals surface area contributed by atoms with Crippen molar-refractivity contribution in [3.8, 4) is 0 Å². The van der Waals surface area contributed by atoms with Gasteiger partial charge in [0.1, 0.15) is 5.88 Å². The van der Waals surface area contributed by atoms with Gasteiger partial charge in [-0.25, -0.2) is 0 Å². The van der Waals surface area contributed by atoms with E-state index in [2.05, 4.69) is 11.8 Å². The Balaban J connectivity index is 2.06. The summed E-state index contributed by atoms with van der Waals surface area (Å²) in [6.45, 7) is 6.40. The molecule has 0 radical (unpaired) electrons. The maximum Gasteiger partial charge on any atom is 0.237 e. The van der Waals surface area contributed by atoms with Crippen molar-refractivity contribution in [1.82, 2.24) is 9.80 Å². The monoisotopic (exact) mass is 216 g/mol. The fourth-order valence-electron chi connectivity index (χ4n) is 2.58. The van der Waals surface area contributed by atoms with Gasteiger partial charge in [-0.3, -0.25) is 4.79 Å². The van der Waals surface area contributed by atoms with Crippen molar-refractivity contribution in [2.75, 3.05) is 32.1 Å². The van der Waals surface area contributed by atoms with Crippen LogP contribution in [-0.2, 0) is 4.79 Å². The van der Waals surface area contributed by atoms with E-state index in [1.54, 1.807) is 0 Å². The highest BCUT2D eigenvalue weighted by atomic mass is 35.5. The topological polar surface area (TPSA) is 23.6 Å². The lowest BCUT2D eigenvalue weighted by Crippen LogP contribution is -2.45. The first-order chi connectivity index (χ1) is 6.70. The van der Waals surface area contributed by atoms with Crippen LogP contribution in [0.1, 0.15) is 13.3 Å². The smallest absolute Gasteiger partial charge is 0.237 e. The van der Waals surface area contributed by atoms with Crippen LogP contribution in [-0.4, -0.2) is 53.8 Å². The molecule has 0 spiro atoms. The highest BCUT2D eigenvalue weighted by Gasteiger charge is 2.33. The van der Waals surface area contributed by atoms with Crippen LogP contribution in [0.2, 0.25) is 0 Å². The van der Waals surface area contributed by atoms with Gasteiger partial charge in [0.15, 0.2) is 0 Å². The molecule has 0 aliphatic carbocycles. The van der Waals surface area contributed by atoms with E-state index in [0.717, 1.165) is 19.6 Å². The van der Waals surface area contributed by atoms with Gasteiger partial charge in [-0.1, -0.05) is 0 Å². The normalized spacial score (nSPS) is 37.0. The molecular weight excluding hydrogens is 200 g/mol. The number of fused-ring (bicyclic) bond motifs is 2. The Morgan fingerprint density at radius 3 is 2.93 bits per heavy atom. The first kappa shape index (κ1) is 10.2. The second kappa shape index (κ2) is 4.07. The Hall–Kier alpha value is -0.280. The summed E-state index contributed by atoms with van der Waals surface area (Å²) < 4.78 is 0. The molecule has 0 aromatic carbocycles. The van der Waals surface area contributed by atoms with Gasteiger partial charge in [0.05, 0.1) is 0 Å². The van der Waals surface area contributed by atoms with E-state index in [-0.39, 0.29) is 11.8 Å². The lowest BCUT2D eigenvalue weighted by atomic mass is 10.1. The van der Waals surface area contributed by atoms with Gasteiger partial charge in [0.2, 0.25) is 5.91 Å². The summed E-state index contributed by atoms with van der Waals surface area (Å²) in [4.78, 5) is 16.0. The maximum atomic E-state index is 11.6. The molecule has 2 heterocycles. The van der Waals surface area contributed by atoms with Crippen molar-refractivity contribution in [1.29, 1.82) is 0 Å². The standard InChI is InChI=1S/C10H17ClN2O/c1-8-5-12-3-2-9(6-12)7-13(8)10(14)4-11/h8-9H,2-7H2,1H3. The molecule has 2 bridgehead atoms. The number of rotatable bonds is 1. The summed E-state index contributed by atoms with van der Waals surface area (Å²) in [7, 11) is 0. The molecule has 2 aliphatic heterocycles. The molecule has 2 saturated heterocycles. The lowest BCUT2D eigenvalue weighted by Gasteiger charge is -2.30. The van der Waals surface area contributed by atoms with E-state index in [1.807, 2.05) is 4.90 Å². The van der Waals surface area contributed by atoms with Crippen LogP contribution in [0.3, 0.4) is 0 Å². The van der Waals surface area contributed by atoms with Gasteiger partial charge >= 0.3 is 0 Å². The van der Waals surface area contributed by atoms with Crippen LogP contribution in [0.15, 0.2) is 0 Å². The highest BCUT2D eigenvalue weighted by Crippen LogP contribution is 2.23. The number of carbonyl (C=O) groups excluding carboxylic acids is 1. The van der Waals surface area contributed by atoms with Gasteiger partial charge in [0, 0.05) is 25.7 Å².